The van der Waals surface area contributed by atoms with Crippen LogP contribution in [0.3, 0.4) is 0 Å². The van der Waals surface area contributed by atoms with Crippen molar-refractivity contribution in [1.82, 2.24) is 0 Å². The van der Waals surface area contributed by atoms with Crippen molar-refractivity contribution in [3.8, 4) is 12.3 Å². The molecule has 0 saturated heterocycles. The zero-order valence-corrected chi connectivity index (χ0v) is 9.43. The molecule has 0 radical (unpaired) electrons. The highest BCUT2D eigenvalue weighted by Crippen LogP contribution is 2.47. The van der Waals surface area contributed by atoms with Gasteiger partial charge < -0.3 is 0 Å². The Morgan fingerprint density at radius 3 is 2.23 bits per heavy atom. The van der Waals surface area contributed by atoms with Crippen molar-refractivity contribution >= 4 is 0 Å². The third-order valence-electron chi connectivity index (χ3n) is 3.50. The van der Waals surface area contributed by atoms with Crippen molar-refractivity contribution in [3.05, 3.63) is 0 Å². The molecule has 1 fully saturated rings. The van der Waals surface area contributed by atoms with Crippen molar-refractivity contribution in [3.63, 3.8) is 0 Å². The number of rotatable bonds is 4. The summed E-state index contributed by atoms with van der Waals surface area (Å²) in [5, 5.41) is 0. The van der Waals surface area contributed by atoms with E-state index in [9.17, 15) is 0 Å². The molecule has 74 valence electrons. The van der Waals surface area contributed by atoms with Crippen LogP contribution in [-0.4, -0.2) is 0 Å². The van der Waals surface area contributed by atoms with Crippen LogP contribution in [0, 0.1) is 35.5 Å². The minimum absolute atomic E-state index is 0.134. The Morgan fingerprint density at radius 2 is 1.92 bits per heavy atom. The first kappa shape index (κ1) is 10.6. The van der Waals surface area contributed by atoms with Crippen LogP contribution in [0.1, 0.15) is 47.0 Å². The van der Waals surface area contributed by atoms with E-state index in [0.717, 1.165) is 5.92 Å². The molecular formula is C13H22. The number of hydrogen-bond donors (Lipinski definition) is 0. The van der Waals surface area contributed by atoms with E-state index in [0.29, 0.717) is 11.8 Å². The SMILES string of the molecule is C#CC(C)(CC(C)C)C(C)C1CC1. The van der Waals surface area contributed by atoms with E-state index in [1.807, 2.05) is 0 Å². The van der Waals surface area contributed by atoms with E-state index >= 15 is 0 Å². The second kappa shape index (κ2) is 3.74. The van der Waals surface area contributed by atoms with E-state index in [2.05, 4.69) is 33.6 Å². The van der Waals surface area contributed by atoms with Gasteiger partial charge in [0.1, 0.15) is 0 Å². The van der Waals surface area contributed by atoms with Crippen molar-refractivity contribution < 1.29 is 0 Å². The van der Waals surface area contributed by atoms with Gasteiger partial charge in [-0.2, -0.15) is 0 Å². The van der Waals surface area contributed by atoms with Gasteiger partial charge in [-0.3, -0.25) is 0 Å². The summed E-state index contributed by atoms with van der Waals surface area (Å²) in [6.07, 6.45) is 9.64. The normalized spacial score (nSPS) is 23.7. The van der Waals surface area contributed by atoms with Crippen LogP contribution in [0.15, 0.2) is 0 Å². The summed E-state index contributed by atoms with van der Waals surface area (Å²) in [6.45, 7) is 9.11. The van der Waals surface area contributed by atoms with E-state index in [4.69, 9.17) is 6.42 Å². The molecule has 1 aliphatic carbocycles. The largest absolute Gasteiger partial charge is 0.120 e. The maximum absolute atomic E-state index is 5.67. The molecule has 13 heavy (non-hydrogen) atoms. The van der Waals surface area contributed by atoms with Crippen LogP contribution in [0.25, 0.3) is 0 Å². The van der Waals surface area contributed by atoms with Crippen LogP contribution in [0.4, 0.5) is 0 Å². The van der Waals surface area contributed by atoms with Gasteiger partial charge in [-0.15, -0.1) is 6.42 Å². The van der Waals surface area contributed by atoms with Crippen molar-refractivity contribution in [2.24, 2.45) is 23.2 Å². The lowest BCUT2D eigenvalue weighted by Gasteiger charge is -2.32. The Labute approximate surface area is 83.1 Å². The standard InChI is InChI=1S/C13H22/c1-6-13(5,9-10(2)3)11(4)12-7-8-12/h1,10-12H,7-9H2,2-5H3. The first-order valence-corrected chi connectivity index (χ1v) is 5.47. The lowest BCUT2D eigenvalue weighted by molar-refractivity contribution is 0.214. The molecule has 0 aromatic heterocycles. The Hall–Kier alpha value is -0.440. The van der Waals surface area contributed by atoms with E-state index in [-0.39, 0.29) is 5.41 Å². The fraction of sp³-hybridized carbons (Fsp3) is 0.846. The Balaban J connectivity index is 2.62. The predicted octanol–water partition coefficient (Wildman–Crippen LogP) is 3.72. The third kappa shape index (κ3) is 2.50. The minimum Gasteiger partial charge on any atom is -0.120 e. The summed E-state index contributed by atoms with van der Waals surface area (Å²) in [5.41, 5.74) is 0.134. The van der Waals surface area contributed by atoms with Crippen molar-refractivity contribution in [2.75, 3.05) is 0 Å². The van der Waals surface area contributed by atoms with Crippen molar-refractivity contribution in [2.45, 2.75) is 47.0 Å². The topological polar surface area (TPSA) is 0 Å². The molecule has 2 atom stereocenters. The molecular weight excluding hydrogens is 156 g/mol. The smallest absolute Gasteiger partial charge is 0.0314 e. The molecule has 0 N–H and O–H groups in total. The Bertz CT molecular complexity index is 205. The summed E-state index contributed by atoms with van der Waals surface area (Å²) < 4.78 is 0. The molecule has 0 spiro atoms. The fourth-order valence-corrected chi connectivity index (χ4v) is 2.34. The van der Waals surface area contributed by atoms with E-state index in [1.54, 1.807) is 0 Å². The number of terminal acetylenes is 1. The number of hydrogen-bond acceptors (Lipinski definition) is 0. The van der Waals surface area contributed by atoms with E-state index < -0.39 is 0 Å². The molecule has 0 bridgehead atoms. The highest BCUT2D eigenvalue weighted by Gasteiger charge is 2.39. The molecule has 0 nitrogen and oxygen atoms in total. The third-order valence-corrected chi connectivity index (χ3v) is 3.50. The first-order valence-electron chi connectivity index (χ1n) is 5.47. The molecule has 0 amide bonds. The summed E-state index contributed by atoms with van der Waals surface area (Å²) >= 11 is 0. The molecule has 0 aromatic rings. The van der Waals surface area contributed by atoms with Crippen LogP contribution in [0.5, 0.6) is 0 Å². The van der Waals surface area contributed by atoms with Crippen molar-refractivity contribution in [1.29, 1.82) is 0 Å². The molecule has 0 heterocycles. The molecule has 0 heteroatoms. The molecule has 1 rings (SSSR count). The minimum atomic E-state index is 0.134. The maximum Gasteiger partial charge on any atom is 0.0314 e. The second-order valence-electron chi connectivity index (χ2n) is 5.29. The molecule has 1 aliphatic rings. The lowest BCUT2D eigenvalue weighted by Crippen LogP contribution is -2.26. The molecule has 0 aliphatic heterocycles. The predicted molar refractivity (Wildman–Crippen MR) is 58.3 cm³/mol. The Kier molecular flexibility index (Phi) is 3.06. The average Bonchev–Trinajstić information content (AvgIpc) is 2.84. The lowest BCUT2D eigenvalue weighted by atomic mass is 9.71. The Morgan fingerprint density at radius 1 is 1.38 bits per heavy atom. The van der Waals surface area contributed by atoms with Crippen LogP contribution < -0.4 is 0 Å². The maximum atomic E-state index is 5.67. The quantitative estimate of drug-likeness (QED) is 0.576. The highest BCUT2D eigenvalue weighted by molar-refractivity contribution is 5.08. The zero-order valence-electron chi connectivity index (χ0n) is 9.43. The summed E-state index contributed by atoms with van der Waals surface area (Å²) in [6, 6.07) is 0. The van der Waals surface area contributed by atoms with Gasteiger partial charge in [0.25, 0.3) is 0 Å². The van der Waals surface area contributed by atoms with E-state index in [1.165, 1.54) is 19.3 Å². The van der Waals surface area contributed by atoms with Crippen LogP contribution in [-0.2, 0) is 0 Å². The van der Waals surface area contributed by atoms with Gasteiger partial charge in [-0.05, 0) is 43.9 Å². The van der Waals surface area contributed by atoms with Gasteiger partial charge in [-0.1, -0.05) is 26.7 Å². The average molecular weight is 178 g/mol. The second-order valence-corrected chi connectivity index (χ2v) is 5.29. The summed E-state index contributed by atoms with van der Waals surface area (Å²) in [4.78, 5) is 0. The highest BCUT2D eigenvalue weighted by atomic mass is 14.4. The van der Waals surface area contributed by atoms with Gasteiger partial charge in [0.15, 0.2) is 0 Å². The van der Waals surface area contributed by atoms with Crippen LogP contribution in [0.2, 0.25) is 0 Å². The van der Waals surface area contributed by atoms with Gasteiger partial charge in [0.2, 0.25) is 0 Å². The van der Waals surface area contributed by atoms with Gasteiger partial charge >= 0.3 is 0 Å². The summed E-state index contributed by atoms with van der Waals surface area (Å²) in [7, 11) is 0. The molecule has 1 saturated carbocycles. The van der Waals surface area contributed by atoms with Gasteiger partial charge in [-0.25, -0.2) is 0 Å². The fourth-order valence-electron chi connectivity index (χ4n) is 2.34. The summed E-state index contributed by atoms with van der Waals surface area (Å²) in [5.74, 6) is 5.37. The van der Waals surface area contributed by atoms with Gasteiger partial charge in [0, 0.05) is 5.41 Å². The zero-order chi connectivity index (χ0) is 10.1. The van der Waals surface area contributed by atoms with Gasteiger partial charge in [0.05, 0.1) is 0 Å². The van der Waals surface area contributed by atoms with Crippen LogP contribution >= 0.6 is 0 Å². The molecule has 2 unspecified atom stereocenters. The monoisotopic (exact) mass is 178 g/mol. The first-order chi connectivity index (χ1) is 5.99. The molecule has 0 aromatic carbocycles.